The Bertz CT molecular complexity index is 825. The molecule has 1 heterocycles. The van der Waals surface area contributed by atoms with Gasteiger partial charge in [0.05, 0.1) is 24.7 Å². The van der Waals surface area contributed by atoms with Gasteiger partial charge >= 0.3 is 0 Å². The fraction of sp³-hybridized carbons (Fsp3) is 0.429. The number of methoxy groups -OCH3 is 1. The Balaban J connectivity index is 1.39. The molecule has 1 fully saturated rings. The van der Waals surface area contributed by atoms with Crippen molar-refractivity contribution >= 4 is 10.0 Å². The molecule has 6 nitrogen and oxygen atoms in total. The Kier molecular flexibility index (Phi) is 7.44. The second-order valence-corrected chi connectivity index (χ2v) is 8.62. The fourth-order valence-corrected chi connectivity index (χ4v) is 4.35. The third kappa shape index (κ3) is 5.78. The van der Waals surface area contributed by atoms with Gasteiger partial charge in [-0.05, 0) is 49.2 Å². The second kappa shape index (κ2) is 10.0. The first-order chi connectivity index (χ1) is 13.6. The molecule has 2 aromatic rings. The van der Waals surface area contributed by atoms with Gasteiger partial charge in [0.25, 0.3) is 0 Å². The Morgan fingerprint density at radius 3 is 2.57 bits per heavy atom. The summed E-state index contributed by atoms with van der Waals surface area (Å²) in [7, 11) is -1.92. The molecule has 0 aromatic heterocycles. The van der Waals surface area contributed by atoms with Crippen LogP contribution in [0.4, 0.5) is 0 Å². The minimum Gasteiger partial charge on any atom is -0.497 e. The Morgan fingerprint density at radius 1 is 1.11 bits per heavy atom. The van der Waals surface area contributed by atoms with E-state index < -0.39 is 10.0 Å². The van der Waals surface area contributed by atoms with Crippen LogP contribution in [0.25, 0.3) is 0 Å². The van der Waals surface area contributed by atoms with E-state index in [4.69, 9.17) is 9.47 Å². The fourth-order valence-electron chi connectivity index (χ4n) is 3.28. The van der Waals surface area contributed by atoms with Gasteiger partial charge in [0.2, 0.25) is 10.0 Å². The summed E-state index contributed by atoms with van der Waals surface area (Å²) in [5.41, 5.74) is 1.21. The van der Waals surface area contributed by atoms with E-state index in [1.54, 1.807) is 31.4 Å². The molecular formula is C21H28N2O4S. The molecule has 0 spiro atoms. The van der Waals surface area contributed by atoms with Gasteiger partial charge in [0.1, 0.15) is 5.75 Å². The molecule has 3 rings (SSSR count). The molecule has 7 heteroatoms. The first-order valence-corrected chi connectivity index (χ1v) is 11.1. The van der Waals surface area contributed by atoms with Crippen LogP contribution in [0.1, 0.15) is 24.5 Å². The first kappa shape index (κ1) is 20.8. The normalized spacial score (nSPS) is 18.1. The van der Waals surface area contributed by atoms with Crippen molar-refractivity contribution in [3.05, 3.63) is 60.2 Å². The van der Waals surface area contributed by atoms with Crippen molar-refractivity contribution in [2.45, 2.75) is 23.8 Å². The monoisotopic (exact) mass is 404 g/mol. The topological polar surface area (TPSA) is 67.9 Å². The summed E-state index contributed by atoms with van der Waals surface area (Å²) in [6.07, 6.45) is 1.85. The predicted molar refractivity (Wildman–Crippen MR) is 109 cm³/mol. The van der Waals surface area contributed by atoms with E-state index in [1.807, 2.05) is 18.2 Å². The number of hydrogen-bond donors (Lipinski definition) is 1. The SMILES string of the molecule is COc1ccc(S(=O)(=O)NCCCCN2CCO[C@@H](c3ccccc3)C2)cc1. The maximum atomic E-state index is 12.3. The van der Waals surface area contributed by atoms with E-state index in [9.17, 15) is 8.42 Å². The Hall–Kier alpha value is -1.93. The smallest absolute Gasteiger partial charge is 0.240 e. The van der Waals surface area contributed by atoms with Crippen molar-refractivity contribution in [1.29, 1.82) is 0 Å². The standard InChI is InChI=1S/C21H28N2O4S/c1-26-19-9-11-20(12-10-19)28(24,25)22-13-5-6-14-23-15-16-27-21(17-23)18-7-3-2-4-8-18/h2-4,7-12,21-22H,5-6,13-17H2,1H3/t21-/m1/s1. The van der Waals surface area contributed by atoms with Crippen molar-refractivity contribution < 1.29 is 17.9 Å². The lowest BCUT2D eigenvalue weighted by atomic mass is 10.1. The number of ether oxygens (including phenoxy) is 2. The molecule has 0 unspecified atom stereocenters. The average Bonchev–Trinajstić information content (AvgIpc) is 2.74. The molecule has 1 atom stereocenters. The number of hydrogen-bond acceptors (Lipinski definition) is 5. The first-order valence-electron chi connectivity index (χ1n) is 9.61. The molecule has 2 aromatic carbocycles. The molecule has 0 radical (unpaired) electrons. The van der Waals surface area contributed by atoms with Crippen molar-refractivity contribution in [1.82, 2.24) is 9.62 Å². The highest BCUT2D eigenvalue weighted by molar-refractivity contribution is 7.89. The van der Waals surface area contributed by atoms with Crippen LogP contribution in [0.2, 0.25) is 0 Å². The minimum absolute atomic E-state index is 0.114. The molecule has 1 aliphatic heterocycles. The van der Waals surface area contributed by atoms with Crippen LogP contribution in [0, 0.1) is 0 Å². The van der Waals surface area contributed by atoms with Crippen LogP contribution in [-0.4, -0.2) is 53.2 Å². The summed E-state index contributed by atoms with van der Waals surface area (Å²) in [6, 6.07) is 16.7. The molecule has 152 valence electrons. The molecule has 0 saturated carbocycles. The lowest BCUT2D eigenvalue weighted by molar-refractivity contribution is -0.0303. The highest BCUT2D eigenvalue weighted by Crippen LogP contribution is 2.22. The maximum absolute atomic E-state index is 12.3. The van der Waals surface area contributed by atoms with Gasteiger partial charge in [0.15, 0.2) is 0 Å². The molecular weight excluding hydrogens is 376 g/mol. The van der Waals surface area contributed by atoms with Gasteiger partial charge in [0, 0.05) is 19.6 Å². The Labute approximate surface area is 167 Å². The van der Waals surface area contributed by atoms with E-state index in [0.717, 1.165) is 39.1 Å². The number of unbranched alkanes of at least 4 members (excludes halogenated alkanes) is 1. The van der Waals surface area contributed by atoms with Crippen LogP contribution < -0.4 is 9.46 Å². The minimum atomic E-state index is -3.47. The van der Waals surface area contributed by atoms with E-state index in [1.165, 1.54) is 5.56 Å². The zero-order chi connectivity index (χ0) is 19.8. The van der Waals surface area contributed by atoms with Crippen molar-refractivity contribution in [3.63, 3.8) is 0 Å². The van der Waals surface area contributed by atoms with Gasteiger partial charge < -0.3 is 9.47 Å². The maximum Gasteiger partial charge on any atom is 0.240 e. The highest BCUT2D eigenvalue weighted by Gasteiger charge is 2.21. The highest BCUT2D eigenvalue weighted by atomic mass is 32.2. The van der Waals surface area contributed by atoms with Crippen LogP contribution in [0.15, 0.2) is 59.5 Å². The molecule has 0 bridgehead atoms. The third-order valence-corrected chi connectivity index (χ3v) is 6.36. The van der Waals surface area contributed by atoms with Crippen LogP contribution >= 0.6 is 0 Å². The molecule has 28 heavy (non-hydrogen) atoms. The third-order valence-electron chi connectivity index (χ3n) is 4.88. The molecule has 1 N–H and O–H groups in total. The van der Waals surface area contributed by atoms with Crippen molar-refractivity contribution in [2.75, 3.05) is 39.9 Å². The summed E-state index contributed by atoms with van der Waals surface area (Å²) in [6.45, 7) is 3.89. The van der Waals surface area contributed by atoms with E-state index in [-0.39, 0.29) is 11.0 Å². The van der Waals surface area contributed by atoms with Crippen LogP contribution in [0.3, 0.4) is 0 Å². The number of benzene rings is 2. The summed E-state index contributed by atoms with van der Waals surface area (Å²) in [4.78, 5) is 2.64. The lowest BCUT2D eigenvalue weighted by Crippen LogP contribution is -2.39. The van der Waals surface area contributed by atoms with E-state index in [2.05, 4.69) is 21.8 Å². The number of sulfonamides is 1. The number of morpholine rings is 1. The lowest BCUT2D eigenvalue weighted by Gasteiger charge is -2.33. The van der Waals surface area contributed by atoms with Gasteiger partial charge in [-0.3, -0.25) is 4.90 Å². The largest absolute Gasteiger partial charge is 0.497 e. The zero-order valence-electron chi connectivity index (χ0n) is 16.2. The van der Waals surface area contributed by atoms with Gasteiger partial charge in [-0.25, -0.2) is 13.1 Å². The van der Waals surface area contributed by atoms with Gasteiger partial charge in [-0.15, -0.1) is 0 Å². The predicted octanol–water partition coefficient (Wildman–Crippen LogP) is 2.83. The summed E-state index contributed by atoms with van der Waals surface area (Å²) < 4.78 is 38.3. The average molecular weight is 405 g/mol. The van der Waals surface area contributed by atoms with Crippen molar-refractivity contribution in [3.8, 4) is 5.75 Å². The summed E-state index contributed by atoms with van der Waals surface area (Å²) in [5, 5.41) is 0. The van der Waals surface area contributed by atoms with Gasteiger partial charge in [-0.1, -0.05) is 30.3 Å². The molecule has 0 amide bonds. The Morgan fingerprint density at radius 2 is 1.86 bits per heavy atom. The van der Waals surface area contributed by atoms with Crippen molar-refractivity contribution in [2.24, 2.45) is 0 Å². The molecule has 1 aliphatic rings. The second-order valence-electron chi connectivity index (χ2n) is 6.85. The summed E-state index contributed by atoms with van der Waals surface area (Å²) in [5.74, 6) is 0.637. The number of nitrogens with one attached hydrogen (secondary N) is 1. The van der Waals surface area contributed by atoms with E-state index in [0.29, 0.717) is 12.3 Å². The quantitative estimate of drug-likeness (QED) is 0.651. The van der Waals surface area contributed by atoms with E-state index >= 15 is 0 Å². The number of nitrogens with zero attached hydrogens (tertiary/aromatic N) is 1. The molecule has 0 aliphatic carbocycles. The molecule has 1 saturated heterocycles. The summed E-state index contributed by atoms with van der Waals surface area (Å²) >= 11 is 0. The van der Waals surface area contributed by atoms with Crippen LogP contribution in [-0.2, 0) is 14.8 Å². The van der Waals surface area contributed by atoms with Gasteiger partial charge in [-0.2, -0.15) is 0 Å². The number of rotatable bonds is 9. The van der Waals surface area contributed by atoms with Crippen LogP contribution in [0.5, 0.6) is 5.75 Å². The zero-order valence-corrected chi connectivity index (χ0v) is 17.0.